The highest BCUT2D eigenvalue weighted by Gasteiger charge is 2.26. The molecule has 1 aliphatic carbocycles. The fraction of sp³-hybridized carbons (Fsp3) is 0. The maximum Gasteiger partial charge on any atom is 0.0619 e. The van der Waals surface area contributed by atoms with Gasteiger partial charge < -0.3 is 4.57 Å². The fourth-order valence-corrected chi connectivity index (χ4v) is 7.85. The lowest BCUT2D eigenvalue weighted by molar-refractivity contribution is 1.21. The third-order valence-electron chi connectivity index (χ3n) is 9.49. The van der Waals surface area contributed by atoms with E-state index < -0.39 is 0 Å². The first kappa shape index (κ1) is 23.0. The molecule has 1 aromatic heterocycles. The zero-order valence-corrected chi connectivity index (χ0v) is 23.4. The summed E-state index contributed by atoms with van der Waals surface area (Å²) >= 11 is 0. The van der Waals surface area contributed by atoms with Crippen molar-refractivity contribution in [1.29, 1.82) is 0 Å². The Kier molecular flexibility index (Phi) is 4.51. The Morgan fingerprint density at radius 3 is 1.30 bits per heavy atom. The second kappa shape index (κ2) is 8.44. The van der Waals surface area contributed by atoms with Crippen molar-refractivity contribution in [3.8, 4) is 39.1 Å². The van der Waals surface area contributed by atoms with Gasteiger partial charge >= 0.3 is 0 Å². The van der Waals surface area contributed by atoms with Gasteiger partial charge in [0, 0.05) is 21.5 Å². The van der Waals surface area contributed by atoms with Gasteiger partial charge in [-0.2, -0.15) is 0 Å². The van der Waals surface area contributed by atoms with Crippen molar-refractivity contribution in [2.24, 2.45) is 0 Å². The normalized spacial score (nSPS) is 12.2. The van der Waals surface area contributed by atoms with Crippen LogP contribution in [0.3, 0.4) is 0 Å². The third kappa shape index (κ3) is 2.96. The molecule has 0 fully saturated rings. The zero-order valence-electron chi connectivity index (χ0n) is 23.4. The highest BCUT2D eigenvalue weighted by atomic mass is 15.0. The number of aromatic nitrogens is 1. The van der Waals surface area contributed by atoms with Gasteiger partial charge in [0.05, 0.1) is 16.7 Å². The summed E-state index contributed by atoms with van der Waals surface area (Å²) in [4.78, 5) is 0. The van der Waals surface area contributed by atoms with E-state index in [9.17, 15) is 0 Å². The van der Waals surface area contributed by atoms with Gasteiger partial charge in [-0.25, -0.2) is 0 Å². The Morgan fingerprint density at radius 1 is 0.326 bits per heavy atom. The van der Waals surface area contributed by atoms with E-state index in [4.69, 9.17) is 0 Å². The molecular weight excluding hydrogens is 518 g/mol. The molecule has 198 valence electrons. The minimum atomic E-state index is 1.24. The first-order valence-corrected chi connectivity index (χ1v) is 15.0. The SMILES string of the molecule is c1ccc(-c2c3ccccc3c(-n3c4cccc5c4c4c(cccc43)-c3cccc4cccc-5c34)c3ccccc23)cc1. The quantitative estimate of drug-likeness (QED) is 0.191. The van der Waals surface area contributed by atoms with Crippen molar-refractivity contribution < 1.29 is 0 Å². The topological polar surface area (TPSA) is 4.93 Å². The summed E-state index contributed by atoms with van der Waals surface area (Å²) in [6.45, 7) is 0. The molecule has 0 radical (unpaired) electrons. The van der Waals surface area contributed by atoms with Crippen molar-refractivity contribution in [2.75, 3.05) is 0 Å². The first-order chi connectivity index (χ1) is 21.4. The molecular formula is C42H25N. The molecule has 0 N–H and O–H groups in total. The molecule has 1 heteroatoms. The van der Waals surface area contributed by atoms with Gasteiger partial charge in [-0.05, 0) is 67.1 Å². The minimum Gasteiger partial charge on any atom is -0.308 e. The summed E-state index contributed by atoms with van der Waals surface area (Å²) in [5.41, 5.74) is 11.5. The van der Waals surface area contributed by atoms with Crippen molar-refractivity contribution >= 4 is 54.1 Å². The smallest absolute Gasteiger partial charge is 0.0619 e. The van der Waals surface area contributed by atoms with Crippen molar-refractivity contribution in [1.82, 2.24) is 4.57 Å². The van der Waals surface area contributed by atoms with Crippen LogP contribution in [-0.2, 0) is 0 Å². The van der Waals surface area contributed by atoms with E-state index in [0.717, 1.165) is 0 Å². The van der Waals surface area contributed by atoms with E-state index in [0.29, 0.717) is 0 Å². The van der Waals surface area contributed by atoms with Crippen LogP contribution in [0.1, 0.15) is 0 Å². The Bertz CT molecular complexity index is 2450. The molecule has 10 rings (SSSR count). The van der Waals surface area contributed by atoms with Crippen molar-refractivity contribution in [2.45, 2.75) is 0 Å². The number of nitrogens with zero attached hydrogens (tertiary/aromatic N) is 1. The van der Waals surface area contributed by atoms with Gasteiger partial charge in [0.15, 0.2) is 0 Å². The van der Waals surface area contributed by atoms with Crippen LogP contribution in [-0.4, -0.2) is 4.57 Å². The molecule has 43 heavy (non-hydrogen) atoms. The van der Waals surface area contributed by atoms with E-state index in [1.54, 1.807) is 0 Å². The van der Waals surface area contributed by atoms with Crippen LogP contribution in [0.5, 0.6) is 0 Å². The van der Waals surface area contributed by atoms with Crippen LogP contribution in [0.25, 0.3) is 93.2 Å². The van der Waals surface area contributed by atoms with Gasteiger partial charge in [-0.15, -0.1) is 0 Å². The standard InChI is InChI=1S/C42H25N/c1-2-12-26(13-3-1)39-32-16-4-6-18-34(32)42(35-19-7-5-17-33(35)39)43-36-24-10-22-30-28-20-8-14-27-15-9-21-29(38(27)28)31-23-11-25-37(43)41(31)40(30)36/h1-25H. The zero-order chi connectivity index (χ0) is 28.1. The Morgan fingerprint density at radius 2 is 0.767 bits per heavy atom. The molecule has 0 aliphatic heterocycles. The van der Waals surface area contributed by atoms with Crippen molar-refractivity contribution in [3.63, 3.8) is 0 Å². The second-order valence-electron chi connectivity index (χ2n) is 11.6. The summed E-state index contributed by atoms with van der Waals surface area (Å²) < 4.78 is 2.55. The van der Waals surface area contributed by atoms with Crippen LogP contribution in [0.2, 0.25) is 0 Å². The maximum atomic E-state index is 2.55. The van der Waals surface area contributed by atoms with E-state index in [1.807, 2.05) is 0 Å². The van der Waals surface area contributed by atoms with Gasteiger partial charge in [0.2, 0.25) is 0 Å². The van der Waals surface area contributed by atoms with Crippen LogP contribution in [0.15, 0.2) is 152 Å². The number of benzene rings is 8. The van der Waals surface area contributed by atoms with Gasteiger partial charge in [0.1, 0.15) is 0 Å². The highest BCUT2D eigenvalue weighted by Crippen LogP contribution is 2.51. The summed E-state index contributed by atoms with van der Waals surface area (Å²) in [5, 5.41) is 10.3. The van der Waals surface area contributed by atoms with Gasteiger partial charge in [-0.1, -0.05) is 140 Å². The molecule has 0 bridgehead atoms. The average Bonchev–Trinajstić information content (AvgIpc) is 3.35. The third-order valence-corrected chi connectivity index (χ3v) is 9.49. The highest BCUT2D eigenvalue weighted by molar-refractivity contribution is 6.28. The maximum absolute atomic E-state index is 2.55. The molecule has 0 atom stereocenters. The Balaban J connectivity index is 1.45. The molecule has 0 unspecified atom stereocenters. The molecule has 0 saturated heterocycles. The molecule has 0 spiro atoms. The molecule has 0 amide bonds. The minimum absolute atomic E-state index is 1.24. The van der Waals surface area contributed by atoms with Gasteiger partial charge in [-0.3, -0.25) is 0 Å². The molecule has 8 aromatic carbocycles. The summed E-state index contributed by atoms with van der Waals surface area (Å²) in [7, 11) is 0. The molecule has 1 nitrogen and oxygen atoms in total. The molecule has 0 saturated carbocycles. The van der Waals surface area contributed by atoms with Crippen molar-refractivity contribution in [3.05, 3.63) is 152 Å². The number of fused-ring (bicyclic) bond motifs is 4. The number of hydrogen-bond donors (Lipinski definition) is 0. The molecule has 1 heterocycles. The van der Waals surface area contributed by atoms with Crippen LogP contribution < -0.4 is 0 Å². The Hall–Kier alpha value is -5.66. The van der Waals surface area contributed by atoms with E-state index >= 15 is 0 Å². The molecule has 1 aliphatic rings. The second-order valence-corrected chi connectivity index (χ2v) is 11.6. The summed E-state index contributed by atoms with van der Waals surface area (Å²) in [6.07, 6.45) is 0. The summed E-state index contributed by atoms with van der Waals surface area (Å²) in [6, 6.07) is 55.9. The average molecular weight is 544 g/mol. The van der Waals surface area contributed by atoms with Crippen LogP contribution in [0.4, 0.5) is 0 Å². The predicted octanol–water partition coefficient (Wildman–Crippen LogP) is 11.6. The predicted molar refractivity (Wildman–Crippen MR) is 183 cm³/mol. The van der Waals surface area contributed by atoms with Gasteiger partial charge in [0.25, 0.3) is 0 Å². The largest absolute Gasteiger partial charge is 0.308 e. The van der Waals surface area contributed by atoms with Crippen LogP contribution >= 0.6 is 0 Å². The van der Waals surface area contributed by atoms with E-state index in [2.05, 4.69) is 156 Å². The fourth-order valence-electron chi connectivity index (χ4n) is 7.85. The Labute approximate surface area is 248 Å². The number of rotatable bonds is 2. The van der Waals surface area contributed by atoms with E-state index in [-0.39, 0.29) is 0 Å². The lowest BCUT2D eigenvalue weighted by Crippen LogP contribution is -1.99. The first-order valence-electron chi connectivity index (χ1n) is 15.0. The lowest BCUT2D eigenvalue weighted by atomic mass is 9.90. The van der Waals surface area contributed by atoms with E-state index in [1.165, 1.54) is 93.2 Å². The monoisotopic (exact) mass is 543 g/mol. The summed E-state index contributed by atoms with van der Waals surface area (Å²) in [5.74, 6) is 0. The molecule has 9 aromatic rings. The lowest BCUT2D eigenvalue weighted by Gasteiger charge is -2.20. The number of hydrogen-bond acceptors (Lipinski definition) is 0. The van der Waals surface area contributed by atoms with Crippen LogP contribution in [0, 0.1) is 0 Å².